The molecule has 4 amide bonds. The van der Waals surface area contributed by atoms with Crippen molar-refractivity contribution < 1.29 is 14.4 Å². The summed E-state index contributed by atoms with van der Waals surface area (Å²) in [7, 11) is 0. The van der Waals surface area contributed by atoms with Gasteiger partial charge in [0.2, 0.25) is 5.91 Å². The third-order valence-electron chi connectivity index (χ3n) is 3.99. The first kappa shape index (κ1) is 15.7. The Morgan fingerprint density at radius 2 is 2.14 bits per heavy atom. The average molecular weight is 342 g/mol. The Hall–Kier alpha value is -1.22. The summed E-state index contributed by atoms with van der Waals surface area (Å²) in [6.07, 6.45) is 4.20. The summed E-state index contributed by atoms with van der Waals surface area (Å²) in [4.78, 5) is 40.7. The predicted molar refractivity (Wildman–Crippen MR) is 86.6 cm³/mol. The van der Waals surface area contributed by atoms with Crippen LogP contribution in [0.3, 0.4) is 0 Å². The number of nitrogens with zero attached hydrogens (tertiary/aromatic N) is 2. The third kappa shape index (κ3) is 3.10. The molecule has 1 spiro atoms. The summed E-state index contributed by atoms with van der Waals surface area (Å²) >= 11 is 2.96. The number of rotatable bonds is 3. The highest BCUT2D eigenvalue weighted by Crippen LogP contribution is 2.33. The molecule has 2 aliphatic heterocycles. The lowest BCUT2D eigenvalue weighted by Gasteiger charge is -2.30. The smallest absolute Gasteiger partial charge is 0.322 e. The molecule has 7 nitrogen and oxygen atoms in total. The van der Waals surface area contributed by atoms with Crippen LogP contribution in [0.2, 0.25) is 0 Å². The van der Waals surface area contributed by atoms with E-state index in [0.29, 0.717) is 12.8 Å². The summed E-state index contributed by atoms with van der Waals surface area (Å²) in [6.45, 7) is 0.782. The molecule has 1 saturated carbocycles. The molecule has 0 unspecified atom stereocenters. The zero-order valence-electron chi connectivity index (χ0n) is 12.1. The first-order valence-corrected chi connectivity index (χ1v) is 9.34. The standard InChI is InChI=1S/C13H18N4O3S2/c18-9(8-22-12-14-6-7-21-12)16-17-10(19)13(15-11(17)20)4-2-1-3-5-13/h1-8H2,(H,15,20)(H,16,18). The Balaban J connectivity index is 1.56. The molecule has 2 N–H and O–H groups in total. The molecule has 2 fully saturated rings. The van der Waals surface area contributed by atoms with E-state index in [4.69, 9.17) is 0 Å². The largest absolute Gasteiger partial charge is 0.344 e. The number of hydrogen-bond acceptors (Lipinski definition) is 6. The van der Waals surface area contributed by atoms with Gasteiger partial charge in [-0.3, -0.25) is 20.0 Å². The van der Waals surface area contributed by atoms with E-state index in [9.17, 15) is 14.4 Å². The first-order valence-electron chi connectivity index (χ1n) is 7.37. The number of amides is 4. The van der Waals surface area contributed by atoms with E-state index in [1.165, 1.54) is 11.8 Å². The summed E-state index contributed by atoms with van der Waals surface area (Å²) in [5, 5.41) is 3.60. The van der Waals surface area contributed by atoms with Crippen molar-refractivity contribution in [1.29, 1.82) is 0 Å². The SMILES string of the molecule is O=C(CSC1=NCCS1)NN1C(=O)NC2(CCCCC2)C1=O. The van der Waals surface area contributed by atoms with Gasteiger partial charge < -0.3 is 5.32 Å². The minimum absolute atomic E-state index is 0.149. The third-order valence-corrected chi connectivity index (χ3v) is 6.24. The van der Waals surface area contributed by atoms with Crippen LogP contribution in [0.4, 0.5) is 4.79 Å². The number of imide groups is 1. The number of urea groups is 1. The summed E-state index contributed by atoms with van der Waals surface area (Å²) in [5.74, 6) is 0.398. The first-order chi connectivity index (χ1) is 10.6. The fourth-order valence-corrected chi connectivity index (χ4v) is 4.70. The molecule has 0 bridgehead atoms. The molecular formula is C13H18N4O3S2. The predicted octanol–water partition coefficient (Wildman–Crippen LogP) is 1.11. The van der Waals surface area contributed by atoms with Gasteiger partial charge in [0.15, 0.2) is 0 Å². The topological polar surface area (TPSA) is 90.9 Å². The van der Waals surface area contributed by atoms with Gasteiger partial charge >= 0.3 is 6.03 Å². The minimum Gasteiger partial charge on any atom is -0.322 e. The van der Waals surface area contributed by atoms with Crippen LogP contribution < -0.4 is 10.7 Å². The monoisotopic (exact) mass is 342 g/mol. The molecule has 3 aliphatic rings. The van der Waals surface area contributed by atoms with Gasteiger partial charge in [0.05, 0.1) is 12.3 Å². The molecule has 9 heteroatoms. The highest BCUT2D eigenvalue weighted by Gasteiger charge is 2.52. The zero-order valence-corrected chi connectivity index (χ0v) is 13.7. The van der Waals surface area contributed by atoms with Crippen LogP contribution in [0.15, 0.2) is 4.99 Å². The molecule has 0 atom stereocenters. The molecule has 0 aromatic rings. The molecule has 1 saturated heterocycles. The number of aliphatic imine (C=N–C) groups is 1. The lowest BCUT2D eigenvalue weighted by atomic mass is 9.82. The number of hydrazine groups is 1. The van der Waals surface area contributed by atoms with Crippen molar-refractivity contribution in [1.82, 2.24) is 15.8 Å². The number of nitrogens with one attached hydrogen (secondary N) is 2. The Labute approximate surface area is 137 Å². The Morgan fingerprint density at radius 1 is 1.36 bits per heavy atom. The average Bonchev–Trinajstić information content (AvgIpc) is 3.10. The Morgan fingerprint density at radius 3 is 2.82 bits per heavy atom. The minimum atomic E-state index is -0.804. The van der Waals surface area contributed by atoms with E-state index in [-0.39, 0.29) is 17.6 Å². The lowest BCUT2D eigenvalue weighted by molar-refractivity contribution is -0.139. The van der Waals surface area contributed by atoms with Crippen molar-refractivity contribution in [3.8, 4) is 0 Å². The van der Waals surface area contributed by atoms with Crippen LogP contribution in [0, 0.1) is 0 Å². The van der Waals surface area contributed by atoms with Gasteiger partial charge in [0, 0.05) is 5.75 Å². The Bertz CT molecular complexity index is 531. The number of carbonyl (C=O) groups is 3. The second-order valence-corrected chi connectivity index (χ2v) is 7.84. The normalized spacial score (nSPS) is 23.6. The summed E-state index contributed by atoms with van der Waals surface area (Å²) < 4.78 is 0.885. The maximum atomic E-state index is 12.5. The number of carbonyl (C=O) groups excluding carboxylic acids is 3. The van der Waals surface area contributed by atoms with Crippen molar-refractivity contribution in [2.75, 3.05) is 18.1 Å². The van der Waals surface area contributed by atoms with Gasteiger partial charge in [-0.2, -0.15) is 5.01 Å². The number of thioether (sulfide) groups is 2. The Kier molecular flexibility index (Phi) is 4.62. The van der Waals surface area contributed by atoms with Crippen LogP contribution in [0.25, 0.3) is 0 Å². The summed E-state index contributed by atoms with van der Waals surface area (Å²) in [6, 6.07) is -0.530. The van der Waals surface area contributed by atoms with Crippen molar-refractivity contribution in [3.63, 3.8) is 0 Å². The van der Waals surface area contributed by atoms with Crippen LogP contribution in [-0.4, -0.2) is 50.8 Å². The molecule has 1 aliphatic carbocycles. The van der Waals surface area contributed by atoms with E-state index in [1.54, 1.807) is 11.8 Å². The maximum absolute atomic E-state index is 12.5. The lowest BCUT2D eigenvalue weighted by Crippen LogP contribution is -2.51. The highest BCUT2D eigenvalue weighted by molar-refractivity contribution is 8.39. The fourth-order valence-electron chi connectivity index (χ4n) is 2.90. The molecule has 120 valence electrons. The number of hydrogen-bond donors (Lipinski definition) is 2. The zero-order chi connectivity index (χ0) is 15.6. The van der Waals surface area contributed by atoms with Gasteiger partial charge in [-0.25, -0.2) is 4.79 Å². The van der Waals surface area contributed by atoms with Crippen molar-refractivity contribution in [3.05, 3.63) is 0 Å². The van der Waals surface area contributed by atoms with Crippen LogP contribution in [0.5, 0.6) is 0 Å². The van der Waals surface area contributed by atoms with Crippen LogP contribution >= 0.6 is 23.5 Å². The molecular weight excluding hydrogens is 324 g/mol. The van der Waals surface area contributed by atoms with E-state index < -0.39 is 11.6 Å². The van der Waals surface area contributed by atoms with Gasteiger partial charge in [-0.1, -0.05) is 42.8 Å². The molecule has 0 aromatic heterocycles. The van der Waals surface area contributed by atoms with Gasteiger partial charge in [0.1, 0.15) is 9.91 Å². The summed E-state index contributed by atoms with van der Waals surface area (Å²) in [5.41, 5.74) is 1.62. The molecule has 2 heterocycles. The second-order valence-electron chi connectivity index (χ2n) is 5.53. The van der Waals surface area contributed by atoms with E-state index >= 15 is 0 Å². The second kappa shape index (κ2) is 6.49. The molecule has 0 aromatic carbocycles. The fraction of sp³-hybridized carbons (Fsp3) is 0.692. The molecule has 22 heavy (non-hydrogen) atoms. The van der Waals surface area contributed by atoms with Crippen LogP contribution in [0.1, 0.15) is 32.1 Å². The van der Waals surface area contributed by atoms with Crippen molar-refractivity contribution in [2.45, 2.75) is 37.6 Å². The maximum Gasteiger partial charge on any atom is 0.344 e. The van der Waals surface area contributed by atoms with Crippen LogP contribution in [-0.2, 0) is 9.59 Å². The van der Waals surface area contributed by atoms with Gasteiger partial charge in [-0.05, 0) is 12.8 Å². The molecule has 3 rings (SSSR count). The van der Waals surface area contributed by atoms with Gasteiger partial charge in [-0.15, -0.1) is 0 Å². The van der Waals surface area contributed by atoms with E-state index in [0.717, 1.165) is 40.9 Å². The van der Waals surface area contributed by atoms with Gasteiger partial charge in [0.25, 0.3) is 5.91 Å². The van der Waals surface area contributed by atoms with E-state index in [2.05, 4.69) is 15.7 Å². The van der Waals surface area contributed by atoms with Crippen molar-refractivity contribution in [2.24, 2.45) is 4.99 Å². The highest BCUT2D eigenvalue weighted by atomic mass is 32.2. The van der Waals surface area contributed by atoms with E-state index in [1.807, 2.05) is 0 Å². The molecule has 0 radical (unpaired) electrons. The quantitative estimate of drug-likeness (QED) is 0.750. The van der Waals surface area contributed by atoms with Crippen molar-refractivity contribution >= 4 is 45.7 Å².